The summed E-state index contributed by atoms with van der Waals surface area (Å²) < 4.78 is 11.2. The number of aromatic nitrogens is 1. The van der Waals surface area contributed by atoms with Crippen LogP contribution in [0.3, 0.4) is 0 Å². The third-order valence-electron chi connectivity index (χ3n) is 3.27. The largest absolute Gasteiger partial charge is 0.495 e. The van der Waals surface area contributed by atoms with Gasteiger partial charge in [0.15, 0.2) is 0 Å². The highest BCUT2D eigenvalue weighted by Crippen LogP contribution is 2.29. The normalized spacial score (nSPS) is 11.8. The molecule has 0 aliphatic rings. The van der Waals surface area contributed by atoms with E-state index in [2.05, 4.69) is 20.9 Å². The molecule has 0 fully saturated rings. The van der Waals surface area contributed by atoms with Crippen molar-refractivity contribution < 1.29 is 14.3 Å². The molecule has 1 heterocycles. The molecule has 2 aromatic rings. The van der Waals surface area contributed by atoms with E-state index >= 15 is 0 Å². The number of nitrogens with zero attached hydrogens (tertiary/aromatic N) is 1. The molecular weight excluding hydrogens is 346 g/mol. The van der Waals surface area contributed by atoms with Crippen LogP contribution in [0.15, 0.2) is 47.1 Å². The third-order valence-corrected chi connectivity index (χ3v) is 3.87. The molecule has 1 aromatic carbocycles. The Bertz CT molecular complexity index is 631. The van der Waals surface area contributed by atoms with Crippen LogP contribution in [0.5, 0.6) is 5.75 Å². The number of carbonyl (C=O) groups is 1. The average molecular weight is 364 g/mol. The summed E-state index contributed by atoms with van der Waals surface area (Å²) in [6.45, 7) is 2.14. The van der Waals surface area contributed by atoms with Crippen molar-refractivity contribution in [1.29, 1.82) is 0 Å². The second-order valence-electron chi connectivity index (χ2n) is 4.74. The van der Waals surface area contributed by atoms with E-state index in [1.165, 1.54) is 0 Å². The van der Waals surface area contributed by atoms with Gasteiger partial charge in [0.05, 0.1) is 23.9 Å². The molecule has 2 rings (SSSR count). The van der Waals surface area contributed by atoms with Crippen LogP contribution in [0, 0.1) is 0 Å². The number of carbonyl (C=O) groups excluding carboxylic acids is 1. The predicted molar refractivity (Wildman–Crippen MR) is 88.0 cm³/mol. The Morgan fingerprint density at radius 2 is 2.05 bits per heavy atom. The molecule has 0 spiro atoms. The van der Waals surface area contributed by atoms with Crippen molar-refractivity contribution in [3.8, 4) is 5.75 Å². The molecule has 116 valence electrons. The summed E-state index contributed by atoms with van der Waals surface area (Å²) in [6.07, 6.45) is 2.18. The lowest BCUT2D eigenvalue weighted by Crippen LogP contribution is -2.19. The number of hydrogen-bond donors (Lipinski definition) is 0. The molecule has 0 bridgehead atoms. The topological polar surface area (TPSA) is 48.4 Å². The molecule has 0 N–H and O–H groups in total. The van der Waals surface area contributed by atoms with E-state index in [0.717, 1.165) is 10.0 Å². The Labute approximate surface area is 138 Å². The highest BCUT2D eigenvalue weighted by Gasteiger charge is 2.24. The van der Waals surface area contributed by atoms with Crippen LogP contribution in [0.4, 0.5) is 0 Å². The van der Waals surface area contributed by atoms with Gasteiger partial charge in [0.25, 0.3) is 0 Å². The fraction of sp³-hybridized carbons (Fsp3) is 0.294. The first-order valence-electron chi connectivity index (χ1n) is 7.05. The smallest absolute Gasteiger partial charge is 0.315 e. The van der Waals surface area contributed by atoms with E-state index < -0.39 is 5.92 Å². The number of esters is 1. The average Bonchev–Trinajstić information content (AvgIpc) is 2.54. The Balaban J connectivity index is 2.33. The number of ether oxygens (including phenoxy) is 2. The van der Waals surface area contributed by atoms with Crippen LogP contribution in [0.25, 0.3) is 0 Å². The van der Waals surface area contributed by atoms with Crippen LogP contribution in [0.1, 0.15) is 24.1 Å². The van der Waals surface area contributed by atoms with Crippen LogP contribution in [0.2, 0.25) is 0 Å². The van der Waals surface area contributed by atoms with Crippen molar-refractivity contribution in [2.24, 2.45) is 0 Å². The summed E-state index contributed by atoms with van der Waals surface area (Å²) in [7, 11) is 1.58. The molecule has 5 heteroatoms. The monoisotopic (exact) mass is 363 g/mol. The minimum absolute atomic E-state index is 0.275. The van der Waals surface area contributed by atoms with Crippen molar-refractivity contribution in [2.75, 3.05) is 13.7 Å². The predicted octanol–water partition coefficient (Wildman–Crippen LogP) is 3.74. The zero-order valence-corrected chi connectivity index (χ0v) is 14.2. The van der Waals surface area contributed by atoms with Gasteiger partial charge >= 0.3 is 5.97 Å². The number of rotatable bonds is 6. The van der Waals surface area contributed by atoms with Crippen molar-refractivity contribution in [1.82, 2.24) is 4.98 Å². The van der Waals surface area contributed by atoms with Gasteiger partial charge in [-0.05, 0) is 34.8 Å². The molecule has 0 saturated heterocycles. The van der Waals surface area contributed by atoms with Gasteiger partial charge < -0.3 is 9.47 Å². The number of pyridine rings is 1. The SMILES string of the molecule is CCOC(=O)[C@@H](Cc1ccccc1)c1cc(OC)c(Br)cn1. The standard InChI is InChI=1S/C17H18BrNO3/c1-3-22-17(20)13(9-12-7-5-4-6-8-12)15-10-16(21-2)14(18)11-19-15/h4-8,10-11,13H,3,9H2,1-2H3/t13-/m0/s1. The third kappa shape index (κ3) is 4.07. The second kappa shape index (κ2) is 7.94. The highest BCUT2D eigenvalue weighted by atomic mass is 79.9. The minimum Gasteiger partial charge on any atom is -0.495 e. The first kappa shape index (κ1) is 16.5. The molecule has 0 saturated carbocycles. The minimum atomic E-state index is -0.454. The fourth-order valence-electron chi connectivity index (χ4n) is 2.18. The molecular formula is C17H18BrNO3. The first-order chi connectivity index (χ1) is 10.7. The van der Waals surface area contributed by atoms with E-state index in [0.29, 0.717) is 24.5 Å². The number of hydrogen-bond acceptors (Lipinski definition) is 4. The number of benzene rings is 1. The summed E-state index contributed by atoms with van der Waals surface area (Å²) in [4.78, 5) is 16.7. The van der Waals surface area contributed by atoms with E-state index in [1.54, 1.807) is 26.3 Å². The summed E-state index contributed by atoms with van der Waals surface area (Å²) in [5.41, 5.74) is 1.70. The van der Waals surface area contributed by atoms with Gasteiger partial charge in [-0.15, -0.1) is 0 Å². The first-order valence-corrected chi connectivity index (χ1v) is 7.85. The van der Waals surface area contributed by atoms with Crippen LogP contribution in [-0.4, -0.2) is 24.7 Å². The molecule has 4 nitrogen and oxygen atoms in total. The highest BCUT2D eigenvalue weighted by molar-refractivity contribution is 9.10. The molecule has 1 aromatic heterocycles. The van der Waals surface area contributed by atoms with E-state index in [9.17, 15) is 4.79 Å². The maximum Gasteiger partial charge on any atom is 0.315 e. The molecule has 0 amide bonds. The summed E-state index contributed by atoms with van der Waals surface area (Å²) in [5, 5.41) is 0. The Kier molecular flexibility index (Phi) is 5.95. The zero-order valence-electron chi connectivity index (χ0n) is 12.6. The van der Waals surface area contributed by atoms with Crippen LogP contribution >= 0.6 is 15.9 Å². The van der Waals surface area contributed by atoms with E-state index in [-0.39, 0.29) is 5.97 Å². The summed E-state index contributed by atoms with van der Waals surface area (Å²) in [5.74, 6) is -0.0834. The molecule has 1 atom stereocenters. The molecule has 0 aliphatic heterocycles. The lowest BCUT2D eigenvalue weighted by atomic mass is 9.95. The Morgan fingerprint density at radius 1 is 1.32 bits per heavy atom. The molecule has 0 unspecified atom stereocenters. The lowest BCUT2D eigenvalue weighted by Gasteiger charge is -2.16. The number of methoxy groups -OCH3 is 1. The zero-order chi connectivity index (χ0) is 15.9. The van der Waals surface area contributed by atoms with E-state index in [1.807, 2.05) is 30.3 Å². The second-order valence-corrected chi connectivity index (χ2v) is 5.59. The van der Waals surface area contributed by atoms with Crippen molar-refractivity contribution >= 4 is 21.9 Å². The van der Waals surface area contributed by atoms with Crippen molar-refractivity contribution in [3.05, 3.63) is 58.3 Å². The van der Waals surface area contributed by atoms with Crippen molar-refractivity contribution in [3.63, 3.8) is 0 Å². The van der Waals surface area contributed by atoms with E-state index in [4.69, 9.17) is 9.47 Å². The van der Waals surface area contributed by atoms with Crippen LogP contribution in [-0.2, 0) is 16.0 Å². The van der Waals surface area contributed by atoms with Gasteiger partial charge in [0.1, 0.15) is 11.7 Å². The van der Waals surface area contributed by atoms with Crippen molar-refractivity contribution in [2.45, 2.75) is 19.3 Å². The van der Waals surface area contributed by atoms with Gasteiger partial charge in [-0.2, -0.15) is 0 Å². The molecule has 0 radical (unpaired) electrons. The summed E-state index contributed by atoms with van der Waals surface area (Å²) >= 11 is 3.37. The van der Waals surface area contributed by atoms with Gasteiger partial charge in [0.2, 0.25) is 0 Å². The molecule has 0 aliphatic carbocycles. The summed E-state index contributed by atoms with van der Waals surface area (Å²) in [6, 6.07) is 11.6. The Morgan fingerprint density at radius 3 is 2.68 bits per heavy atom. The number of halogens is 1. The molecule has 22 heavy (non-hydrogen) atoms. The van der Waals surface area contributed by atoms with Gasteiger partial charge in [-0.1, -0.05) is 30.3 Å². The van der Waals surface area contributed by atoms with Gasteiger partial charge in [-0.25, -0.2) is 0 Å². The fourth-order valence-corrected chi connectivity index (χ4v) is 2.56. The maximum atomic E-state index is 12.3. The maximum absolute atomic E-state index is 12.3. The Hall–Kier alpha value is -1.88. The quantitative estimate of drug-likeness (QED) is 0.733. The van der Waals surface area contributed by atoms with Gasteiger partial charge in [-0.3, -0.25) is 9.78 Å². The van der Waals surface area contributed by atoms with Gasteiger partial charge in [0, 0.05) is 12.3 Å². The van der Waals surface area contributed by atoms with Crippen LogP contribution < -0.4 is 4.74 Å². The lowest BCUT2D eigenvalue weighted by molar-refractivity contribution is -0.145.